The first-order chi connectivity index (χ1) is 11.8. The molecule has 0 N–H and O–H groups in total. The van der Waals surface area contributed by atoms with Crippen LogP contribution >= 0.6 is 0 Å². The molecule has 0 saturated heterocycles. The minimum absolute atomic E-state index is 0.460. The monoisotopic (exact) mass is 319 g/mol. The topological polar surface area (TPSA) is 90.7 Å². The zero-order valence-electron chi connectivity index (χ0n) is 12.9. The van der Waals surface area contributed by atoms with E-state index in [1.165, 1.54) is 0 Å². The molecule has 0 atom stereocenters. The van der Waals surface area contributed by atoms with Crippen LogP contribution in [0.2, 0.25) is 0 Å². The molecular weight excluding hydrogens is 306 g/mol. The Morgan fingerprint density at radius 2 is 1.75 bits per heavy atom. The molecule has 4 rings (SSSR count). The lowest BCUT2D eigenvalue weighted by Gasteiger charge is -1.99. The largest absolute Gasteiger partial charge is 0.334 e. The number of rotatable bonds is 4. The van der Waals surface area contributed by atoms with Gasteiger partial charge in [0.1, 0.15) is 0 Å². The van der Waals surface area contributed by atoms with Crippen molar-refractivity contribution in [3.63, 3.8) is 0 Å². The number of hydrogen-bond acceptors (Lipinski definition) is 7. The Kier molecular flexibility index (Phi) is 3.59. The van der Waals surface area contributed by atoms with Crippen molar-refractivity contribution in [2.45, 2.75) is 13.3 Å². The van der Waals surface area contributed by atoms with Gasteiger partial charge in [-0.05, 0) is 36.8 Å². The van der Waals surface area contributed by atoms with Gasteiger partial charge in [0.25, 0.3) is 11.8 Å². The second kappa shape index (κ2) is 6.04. The summed E-state index contributed by atoms with van der Waals surface area (Å²) in [5.41, 5.74) is 2.69. The fourth-order valence-electron chi connectivity index (χ4n) is 2.34. The summed E-state index contributed by atoms with van der Waals surface area (Å²) < 4.78 is 10.5. The molecule has 0 saturated carbocycles. The van der Waals surface area contributed by atoms with Crippen LogP contribution in [0.3, 0.4) is 0 Å². The van der Waals surface area contributed by atoms with Gasteiger partial charge in [-0.25, -0.2) is 0 Å². The predicted octanol–water partition coefficient (Wildman–Crippen LogP) is 3.08. The molecule has 0 amide bonds. The number of benzene rings is 1. The molecule has 118 valence electrons. The van der Waals surface area contributed by atoms with Crippen LogP contribution < -0.4 is 0 Å². The minimum Gasteiger partial charge on any atom is -0.334 e. The van der Waals surface area contributed by atoms with Gasteiger partial charge in [0.05, 0.1) is 5.56 Å². The zero-order valence-corrected chi connectivity index (χ0v) is 12.9. The van der Waals surface area contributed by atoms with Gasteiger partial charge in [-0.3, -0.25) is 4.98 Å². The third kappa shape index (κ3) is 2.91. The summed E-state index contributed by atoms with van der Waals surface area (Å²) in [5.74, 6) is 2.17. The molecule has 0 unspecified atom stereocenters. The average molecular weight is 319 g/mol. The van der Waals surface area contributed by atoms with Crippen LogP contribution in [0, 0.1) is 6.92 Å². The quantitative estimate of drug-likeness (QED) is 0.571. The number of aryl methyl sites for hydroxylation is 1. The first-order valence-corrected chi connectivity index (χ1v) is 7.40. The highest BCUT2D eigenvalue weighted by molar-refractivity contribution is 5.54. The number of aromatic nitrogens is 5. The Labute approximate surface area is 137 Å². The van der Waals surface area contributed by atoms with Gasteiger partial charge in [-0.15, -0.1) is 0 Å². The average Bonchev–Trinajstić information content (AvgIpc) is 3.25. The van der Waals surface area contributed by atoms with Crippen molar-refractivity contribution in [1.29, 1.82) is 0 Å². The van der Waals surface area contributed by atoms with Crippen molar-refractivity contribution in [3.05, 3.63) is 66.0 Å². The fourth-order valence-corrected chi connectivity index (χ4v) is 2.34. The highest BCUT2D eigenvalue weighted by Crippen LogP contribution is 2.21. The summed E-state index contributed by atoms with van der Waals surface area (Å²) in [6, 6.07) is 11.5. The van der Waals surface area contributed by atoms with Crippen LogP contribution in [0.4, 0.5) is 0 Å². The standard InChI is InChI=1S/C17H13N5O2/c1-11-19-16(23-21-11)13-5-2-4-12(8-13)9-15-20-17(24-22-15)14-6-3-7-18-10-14/h2-8,10H,9H2,1H3. The summed E-state index contributed by atoms with van der Waals surface area (Å²) in [4.78, 5) is 12.7. The van der Waals surface area contributed by atoms with Gasteiger partial charge >= 0.3 is 0 Å². The smallest absolute Gasteiger partial charge is 0.259 e. The third-order valence-corrected chi connectivity index (χ3v) is 3.44. The van der Waals surface area contributed by atoms with E-state index in [-0.39, 0.29) is 0 Å². The minimum atomic E-state index is 0.460. The van der Waals surface area contributed by atoms with E-state index in [0.717, 1.165) is 16.7 Å². The molecule has 0 fully saturated rings. The maximum Gasteiger partial charge on any atom is 0.259 e. The highest BCUT2D eigenvalue weighted by Gasteiger charge is 2.11. The first kappa shape index (κ1) is 14.3. The maximum atomic E-state index is 5.30. The van der Waals surface area contributed by atoms with Crippen LogP contribution in [0.25, 0.3) is 22.9 Å². The summed E-state index contributed by atoms with van der Waals surface area (Å²) in [7, 11) is 0. The van der Waals surface area contributed by atoms with E-state index in [4.69, 9.17) is 9.05 Å². The molecule has 0 aliphatic rings. The number of hydrogen-bond donors (Lipinski definition) is 0. The summed E-state index contributed by atoms with van der Waals surface area (Å²) >= 11 is 0. The Bertz CT molecular complexity index is 962. The SMILES string of the molecule is Cc1noc(-c2cccc(Cc3noc(-c4cccnc4)n3)c2)n1. The van der Waals surface area contributed by atoms with Gasteiger partial charge < -0.3 is 9.05 Å². The van der Waals surface area contributed by atoms with Gasteiger partial charge in [0, 0.05) is 24.4 Å². The van der Waals surface area contributed by atoms with Crippen molar-refractivity contribution in [3.8, 4) is 22.9 Å². The highest BCUT2D eigenvalue weighted by atomic mass is 16.5. The van der Waals surface area contributed by atoms with Gasteiger partial charge in [-0.1, -0.05) is 22.4 Å². The summed E-state index contributed by atoms with van der Waals surface area (Å²) in [6.07, 6.45) is 3.94. The van der Waals surface area contributed by atoms with E-state index >= 15 is 0 Å². The van der Waals surface area contributed by atoms with Gasteiger partial charge in [-0.2, -0.15) is 9.97 Å². The second-order valence-electron chi connectivity index (χ2n) is 5.28. The third-order valence-electron chi connectivity index (χ3n) is 3.44. The first-order valence-electron chi connectivity index (χ1n) is 7.40. The van der Waals surface area contributed by atoms with Crippen LogP contribution in [-0.2, 0) is 6.42 Å². The Morgan fingerprint density at radius 1 is 0.917 bits per heavy atom. The van der Waals surface area contributed by atoms with Crippen molar-refractivity contribution < 1.29 is 9.05 Å². The normalized spacial score (nSPS) is 10.9. The van der Waals surface area contributed by atoms with Crippen molar-refractivity contribution in [2.24, 2.45) is 0 Å². The van der Waals surface area contributed by atoms with Gasteiger partial charge in [0.15, 0.2) is 11.6 Å². The Hall–Kier alpha value is -3.35. The van der Waals surface area contributed by atoms with E-state index < -0.39 is 0 Å². The molecule has 3 aromatic heterocycles. The molecular formula is C17H13N5O2. The predicted molar refractivity (Wildman–Crippen MR) is 84.8 cm³/mol. The van der Waals surface area contributed by atoms with Crippen LogP contribution in [0.15, 0.2) is 57.8 Å². The second-order valence-corrected chi connectivity index (χ2v) is 5.28. The summed E-state index contributed by atoms with van der Waals surface area (Å²) in [5, 5.41) is 7.84. The van der Waals surface area contributed by atoms with E-state index in [9.17, 15) is 0 Å². The molecule has 4 aromatic rings. The van der Waals surface area contributed by atoms with E-state index in [0.29, 0.717) is 29.9 Å². The molecule has 7 heteroatoms. The zero-order chi connectivity index (χ0) is 16.4. The fraction of sp³-hybridized carbons (Fsp3) is 0.118. The number of nitrogens with zero attached hydrogens (tertiary/aromatic N) is 5. The molecule has 7 nitrogen and oxygen atoms in total. The molecule has 0 aliphatic carbocycles. The lowest BCUT2D eigenvalue weighted by molar-refractivity contribution is 0.423. The Morgan fingerprint density at radius 3 is 2.54 bits per heavy atom. The number of pyridine rings is 1. The van der Waals surface area contributed by atoms with E-state index in [2.05, 4.69) is 25.3 Å². The molecule has 0 aliphatic heterocycles. The van der Waals surface area contributed by atoms with Gasteiger partial charge in [0.2, 0.25) is 0 Å². The van der Waals surface area contributed by atoms with E-state index in [1.54, 1.807) is 19.3 Å². The van der Waals surface area contributed by atoms with Crippen molar-refractivity contribution in [2.75, 3.05) is 0 Å². The van der Waals surface area contributed by atoms with Crippen molar-refractivity contribution in [1.82, 2.24) is 25.3 Å². The lowest BCUT2D eigenvalue weighted by atomic mass is 10.1. The van der Waals surface area contributed by atoms with Crippen LogP contribution in [0.1, 0.15) is 17.2 Å². The summed E-state index contributed by atoms with van der Waals surface area (Å²) in [6.45, 7) is 1.79. The van der Waals surface area contributed by atoms with E-state index in [1.807, 2.05) is 36.4 Å². The van der Waals surface area contributed by atoms with Crippen LogP contribution in [-0.4, -0.2) is 25.3 Å². The lowest BCUT2D eigenvalue weighted by Crippen LogP contribution is -1.91. The molecule has 0 radical (unpaired) electrons. The molecule has 0 spiro atoms. The Balaban J connectivity index is 1.57. The molecule has 3 heterocycles. The van der Waals surface area contributed by atoms with Crippen LogP contribution in [0.5, 0.6) is 0 Å². The molecule has 24 heavy (non-hydrogen) atoms. The maximum absolute atomic E-state index is 5.30. The van der Waals surface area contributed by atoms with Crippen molar-refractivity contribution >= 4 is 0 Å². The molecule has 1 aromatic carbocycles. The molecule has 0 bridgehead atoms.